The molecule has 0 amide bonds. The molecular formula is C20H18N4O3S. The van der Waals surface area contributed by atoms with E-state index in [0.29, 0.717) is 46.5 Å². The second kappa shape index (κ2) is 8.20. The Morgan fingerprint density at radius 3 is 2.25 bits per heavy atom. The van der Waals surface area contributed by atoms with Crippen molar-refractivity contribution in [2.24, 2.45) is 0 Å². The van der Waals surface area contributed by atoms with Gasteiger partial charge < -0.3 is 24.6 Å². The monoisotopic (exact) mass is 394 g/mol. The molecule has 0 atom stereocenters. The molecule has 3 N–H and O–H groups in total. The first-order valence-electron chi connectivity index (χ1n) is 8.80. The molecule has 3 aromatic heterocycles. The standard InChI is InChI=1S/C20H18N4O3S/c25-9-3-8-21-20(28)22-13-6-7-14-15(12-13)24-19(17-5-2-11-27-17)18(23-14)16-4-1-10-26-16/h1-2,4-7,10-12,25H,3,8-9H2,(H2,21,22,28). The zero-order chi connectivity index (χ0) is 19.3. The van der Waals surface area contributed by atoms with E-state index in [-0.39, 0.29) is 6.61 Å². The summed E-state index contributed by atoms with van der Waals surface area (Å²) in [6.07, 6.45) is 3.83. The summed E-state index contributed by atoms with van der Waals surface area (Å²) in [7, 11) is 0. The zero-order valence-electron chi connectivity index (χ0n) is 14.9. The summed E-state index contributed by atoms with van der Waals surface area (Å²) >= 11 is 5.27. The van der Waals surface area contributed by atoms with Crippen molar-refractivity contribution < 1.29 is 13.9 Å². The van der Waals surface area contributed by atoms with Crippen LogP contribution in [-0.4, -0.2) is 33.3 Å². The zero-order valence-corrected chi connectivity index (χ0v) is 15.7. The van der Waals surface area contributed by atoms with Crippen molar-refractivity contribution in [1.29, 1.82) is 0 Å². The van der Waals surface area contributed by atoms with Crippen LogP contribution in [0.4, 0.5) is 5.69 Å². The Morgan fingerprint density at radius 2 is 1.64 bits per heavy atom. The highest BCUT2D eigenvalue weighted by molar-refractivity contribution is 7.80. The number of aromatic nitrogens is 2. The number of aliphatic hydroxyl groups excluding tert-OH is 1. The van der Waals surface area contributed by atoms with Crippen LogP contribution in [-0.2, 0) is 0 Å². The van der Waals surface area contributed by atoms with E-state index in [0.717, 1.165) is 11.2 Å². The van der Waals surface area contributed by atoms with Crippen molar-refractivity contribution in [2.45, 2.75) is 6.42 Å². The van der Waals surface area contributed by atoms with Gasteiger partial charge in [-0.25, -0.2) is 9.97 Å². The van der Waals surface area contributed by atoms with Crippen molar-refractivity contribution in [2.75, 3.05) is 18.5 Å². The van der Waals surface area contributed by atoms with Crippen LogP contribution in [0.15, 0.2) is 63.8 Å². The summed E-state index contributed by atoms with van der Waals surface area (Å²) in [5.74, 6) is 1.23. The molecule has 0 spiro atoms. The number of benzene rings is 1. The van der Waals surface area contributed by atoms with Crippen molar-refractivity contribution in [3.05, 3.63) is 55.0 Å². The molecule has 0 aliphatic rings. The predicted octanol–water partition coefficient (Wildman–Crippen LogP) is 3.82. The van der Waals surface area contributed by atoms with Crippen LogP contribution < -0.4 is 10.6 Å². The predicted molar refractivity (Wildman–Crippen MR) is 111 cm³/mol. The lowest BCUT2D eigenvalue weighted by atomic mass is 10.1. The van der Waals surface area contributed by atoms with Gasteiger partial charge in [0.2, 0.25) is 0 Å². The van der Waals surface area contributed by atoms with Gasteiger partial charge in [0.05, 0.1) is 23.6 Å². The van der Waals surface area contributed by atoms with E-state index in [1.54, 1.807) is 12.5 Å². The number of nitrogens with zero attached hydrogens (tertiary/aromatic N) is 2. The van der Waals surface area contributed by atoms with E-state index >= 15 is 0 Å². The maximum Gasteiger partial charge on any atom is 0.170 e. The second-order valence-corrected chi connectivity index (χ2v) is 6.45. The van der Waals surface area contributed by atoms with E-state index in [4.69, 9.17) is 36.1 Å². The maximum absolute atomic E-state index is 8.85. The fourth-order valence-corrected chi connectivity index (χ4v) is 2.98. The van der Waals surface area contributed by atoms with Crippen molar-refractivity contribution in [3.63, 3.8) is 0 Å². The molecule has 8 heteroatoms. The number of anilines is 1. The molecule has 3 heterocycles. The number of nitrogens with one attached hydrogen (secondary N) is 2. The van der Waals surface area contributed by atoms with Gasteiger partial charge in [-0.3, -0.25) is 0 Å². The van der Waals surface area contributed by atoms with E-state index in [2.05, 4.69) is 10.6 Å². The molecule has 142 valence electrons. The van der Waals surface area contributed by atoms with Gasteiger partial charge in [0, 0.05) is 18.8 Å². The second-order valence-electron chi connectivity index (χ2n) is 6.04. The van der Waals surface area contributed by atoms with E-state index in [1.807, 2.05) is 42.5 Å². The Kier molecular flexibility index (Phi) is 5.31. The Morgan fingerprint density at radius 1 is 0.964 bits per heavy atom. The molecule has 4 aromatic rings. The SMILES string of the molecule is OCCCNC(=S)Nc1ccc2nc(-c3ccco3)c(-c3ccco3)nc2c1. The van der Waals surface area contributed by atoms with Gasteiger partial charge in [-0.15, -0.1) is 0 Å². The quantitative estimate of drug-likeness (QED) is 0.335. The Bertz CT molecular complexity index is 1080. The normalized spacial score (nSPS) is 10.9. The molecular weight excluding hydrogens is 376 g/mol. The van der Waals surface area contributed by atoms with E-state index in [9.17, 15) is 0 Å². The highest BCUT2D eigenvalue weighted by Crippen LogP contribution is 2.32. The van der Waals surface area contributed by atoms with Crippen LogP contribution in [0.3, 0.4) is 0 Å². The number of fused-ring (bicyclic) bond motifs is 1. The van der Waals surface area contributed by atoms with Crippen LogP contribution in [0.5, 0.6) is 0 Å². The highest BCUT2D eigenvalue weighted by atomic mass is 32.1. The summed E-state index contributed by atoms with van der Waals surface area (Å²) in [5.41, 5.74) is 3.44. The lowest BCUT2D eigenvalue weighted by molar-refractivity contribution is 0.289. The highest BCUT2D eigenvalue weighted by Gasteiger charge is 2.17. The number of hydrogen-bond acceptors (Lipinski definition) is 6. The van der Waals surface area contributed by atoms with Gasteiger partial charge in [0.25, 0.3) is 0 Å². The van der Waals surface area contributed by atoms with Gasteiger partial charge in [0.15, 0.2) is 16.6 Å². The summed E-state index contributed by atoms with van der Waals surface area (Å²) in [5, 5.41) is 15.5. The van der Waals surface area contributed by atoms with Gasteiger partial charge in [-0.2, -0.15) is 0 Å². The Balaban J connectivity index is 1.69. The van der Waals surface area contributed by atoms with Gasteiger partial charge in [0.1, 0.15) is 11.4 Å². The molecule has 28 heavy (non-hydrogen) atoms. The number of hydrogen-bond donors (Lipinski definition) is 3. The Hall–Kier alpha value is -3.23. The van der Waals surface area contributed by atoms with E-state index < -0.39 is 0 Å². The molecule has 0 saturated heterocycles. The number of rotatable bonds is 6. The first-order chi connectivity index (χ1) is 13.7. The largest absolute Gasteiger partial charge is 0.463 e. The third-order valence-corrected chi connectivity index (χ3v) is 4.30. The third-order valence-electron chi connectivity index (χ3n) is 4.05. The first kappa shape index (κ1) is 18.1. The lowest BCUT2D eigenvalue weighted by Gasteiger charge is -2.11. The van der Waals surface area contributed by atoms with Crippen LogP contribution in [0.1, 0.15) is 6.42 Å². The third kappa shape index (κ3) is 3.88. The number of furan rings is 2. The van der Waals surface area contributed by atoms with Gasteiger partial charge >= 0.3 is 0 Å². The summed E-state index contributed by atoms with van der Waals surface area (Å²) in [6, 6.07) is 12.9. The lowest BCUT2D eigenvalue weighted by Crippen LogP contribution is -2.29. The first-order valence-corrected chi connectivity index (χ1v) is 9.20. The van der Waals surface area contributed by atoms with Crippen molar-refractivity contribution in [3.8, 4) is 22.9 Å². The minimum absolute atomic E-state index is 0.120. The van der Waals surface area contributed by atoms with Gasteiger partial charge in [-0.05, 0) is 61.1 Å². The Labute approximate surface area is 166 Å². The van der Waals surface area contributed by atoms with E-state index in [1.165, 1.54) is 0 Å². The molecule has 0 saturated carbocycles. The molecule has 4 rings (SSSR count). The smallest absolute Gasteiger partial charge is 0.170 e. The molecule has 0 aliphatic heterocycles. The summed E-state index contributed by atoms with van der Waals surface area (Å²) < 4.78 is 11.1. The average molecular weight is 394 g/mol. The number of aliphatic hydroxyl groups is 1. The molecule has 0 fully saturated rings. The maximum atomic E-state index is 8.85. The fraction of sp³-hybridized carbons (Fsp3) is 0.150. The van der Waals surface area contributed by atoms with Crippen molar-refractivity contribution >= 4 is 34.1 Å². The van der Waals surface area contributed by atoms with Crippen LogP contribution in [0, 0.1) is 0 Å². The number of thiocarbonyl (C=S) groups is 1. The summed E-state index contributed by atoms with van der Waals surface area (Å²) in [4.78, 5) is 9.50. The minimum atomic E-state index is 0.120. The molecule has 0 bridgehead atoms. The molecule has 7 nitrogen and oxygen atoms in total. The molecule has 1 aromatic carbocycles. The van der Waals surface area contributed by atoms with Crippen LogP contribution in [0.25, 0.3) is 33.9 Å². The van der Waals surface area contributed by atoms with Crippen molar-refractivity contribution in [1.82, 2.24) is 15.3 Å². The topological polar surface area (TPSA) is 96.3 Å². The minimum Gasteiger partial charge on any atom is -0.463 e. The molecule has 0 unspecified atom stereocenters. The summed E-state index contributed by atoms with van der Waals surface area (Å²) in [6.45, 7) is 0.722. The van der Waals surface area contributed by atoms with Gasteiger partial charge in [-0.1, -0.05) is 0 Å². The van der Waals surface area contributed by atoms with Crippen LogP contribution >= 0.6 is 12.2 Å². The fourth-order valence-electron chi connectivity index (χ4n) is 2.76. The van der Waals surface area contributed by atoms with Crippen LogP contribution in [0.2, 0.25) is 0 Å². The molecule has 0 radical (unpaired) electrons. The average Bonchev–Trinajstić information content (AvgIpc) is 3.41. The molecule has 0 aliphatic carbocycles.